The minimum atomic E-state index is -4.21. The second-order valence-electron chi connectivity index (χ2n) is 22.8. The summed E-state index contributed by atoms with van der Waals surface area (Å²) in [5.41, 5.74) is -4.26. The van der Waals surface area contributed by atoms with Gasteiger partial charge in [0.05, 0.1) is 64.6 Å². The van der Waals surface area contributed by atoms with E-state index in [1.54, 1.807) is 72.1 Å². The maximum absolute atomic E-state index is 14.6. The number of hydrogen-bond acceptors (Lipinski definition) is 20. The maximum atomic E-state index is 14.6. The topological polar surface area (TPSA) is 293 Å². The predicted molar refractivity (Wildman–Crippen MR) is 290 cm³/mol. The van der Waals surface area contributed by atoms with E-state index in [-0.39, 0.29) is 43.5 Å². The van der Waals surface area contributed by atoms with Crippen LogP contribution in [0.2, 0.25) is 0 Å². The molecule has 3 aliphatic rings. The zero-order valence-corrected chi connectivity index (χ0v) is 49.2. The molecule has 2 aromatic rings. The zero-order chi connectivity index (χ0) is 58.4. The van der Waals surface area contributed by atoms with E-state index in [9.17, 15) is 48.3 Å². The molecule has 3 saturated heterocycles. The number of carboxylic acid groups (broad SMARTS) is 1. The third-order valence-electron chi connectivity index (χ3n) is 16.3. The van der Waals surface area contributed by atoms with E-state index in [2.05, 4.69) is 10.5 Å². The molecule has 6 N–H and O–H groups in total. The number of ether oxygens (including phenoxy) is 6. The summed E-state index contributed by atoms with van der Waals surface area (Å²) >= 11 is 0. The Morgan fingerprint density at radius 3 is 2.23 bits per heavy atom. The van der Waals surface area contributed by atoms with Crippen molar-refractivity contribution in [1.82, 2.24) is 14.8 Å². The van der Waals surface area contributed by atoms with Gasteiger partial charge in [0.1, 0.15) is 36.6 Å². The fraction of sp³-hybridized carbons (Fsp3) is 0.782. The summed E-state index contributed by atoms with van der Waals surface area (Å²) in [6, 6.07) is 5.01. The fourth-order valence-corrected chi connectivity index (χ4v) is 13.0. The van der Waals surface area contributed by atoms with E-state index in [1.165, 1.54) is 27.3 Å². The van der Waals surface area contributed by atoms with Crippen LogP contribution in [0.15, 0.2) is 34.3 Å². The molecule has 1 aromatic heterocycles. The minimum absolute atomic E-state index is 0.0460. The van der Waals surface area contributed by atoms with Crippen LogP contribution in [0.1, 0.15) is 124 Å². The Balaban J connectivity index is 1.38. The van der Waals surface area contributed by atoms with Gasteiger partial charge in [0, 0.05) is 62.0 Å². The number of aromatic carboxylic acids is 1. The largest absolute Gasteiger partial charge is 0.477 e. The van der Waals surface area contributed by atoms with Crippen LogP contribution in [0, 0.1) is 23.7 Å². The Morgan fingerprint density at radius 1 is 0.949 bits per heavy atom. The van der Waals surface area contributed by atoms with Crippen molar-refractivity contribution in [3.8, 4) is 0 Å². The van der Waals surface area contributed by atoms with Crippen molar-refractivity contribution in [1.29, 1.82) is 0 Å². The number of esters is 1. The van der Waals surface area contributed by atoms with Gasteiger partial charge in [-0.3, -0.25) is 13.8 Å². The molecular weight excluding hydrogens is 1040 g/mol. The number of likely N-dealkylation sites (N-methyl/N-ethyl adjacent to an activating group) is 1. The van der Waals surface area contributed by atoms with Gasteiger partial charge in [-0.15, -0.1) is 0 Å². The van der Waals surface area contributed by atoms with Crippen LogP contribution in [0.5, 0.6) is 0 Å². The molecule has 0 amide bonds. The van der Waals surface area contributed by atoms with Gasteiger partial charge in [0.15, 0.2) is 12.6 Å². The number of cyclic esters (lactones) is 1. The van der Waals surface area contributed by atoms with E-state index >= 15 is 0 Å². The monoisotopic (exact) mass is 1130 g/mol. The Labute approximate surface area is 460 Å². The van der Waals surface area contributed by atoms with Gasteiger partial charge in [-0.1, -0.05) is 38.9 Å². The Bertz CT molecular complexity index is 2540. The number of carboxylic acids is 1. The normalized spacial score (nSPS) is 37.3. The average Bonchev–Trinajstić information content (AvgIpc) is 3.49. The molecule has 23 heteroatoms. The standard InChI is InChI=1S/C55H90N4O18S/c1-16-41-55(11,67)47(62)32(5)43(57-71-15)30(3)27-53(9,66)48(76-52-45(61)40(58(12)13)25-31(4)72-52)33(6)46(34(7)51(65)74-41)75-42-28-54(10,70-14)49(35(8)73-42)77-78(68,69)24-23-56-22-18-19-36-20-21-39-37(26-36)44(60)38(50(63)64)29-59(39)17-2/h20-21,26,29-35,40-42,45-49,52,56,61-62,66-67H,16-19,22-25,27-28H2,1-15H3,(H,63,64)/b57-43+/t30-,31-,32+,33+,34-,35+,40+,41-,42+,45-,46+,47-,48-,49+,52+,53-,54-,55-/m1/s1. The molecule has 0 aliphatic carbocycles. The van der Waals surface area contributed by atoms with Gasteiger partial charge in [-0.05, 0) is 119 Å². The molecular formula is C55H90N4O18S. The van der Waals surface area contributed by atoms with E-state index in [4.69, 9.17) is 37.4 Å². The molecule has 0 saturated carbocycles. The van der Waals surface area contributed by atoms with Gasteiger partial charge >= 0.3 is 11.9 Å². The highest BCUT2D eigenvalue weighted by Gasteiger charge is 2.54. The fourth-order valence-electron chi connectivity index (χ4n) is 11.8. The number of nitrogens with zero attached hydrogens (tertiary/aromatic N) is 3. The second kappa shape index (κ2) is 26.9. The number of carbonyl (C=O) groups is 2. The van der Waals surface area contributed by atoms with Crippen molar-refractivity contribution >= 4 is 38.7 Å². The zero-order valence-electron chi connectivity index (χ0n) is 48.3. The number of nitrogens with one attached hydrogen (secondary N) is 1. The Morgan fingerprint density at radius 2 is 1.63 bits per heavy atom. The molecule has 78 heavy (non-hydrogen) atoms. The average molecular weight is 1130 g/mol. The quantitative estimate of drug-likeness (QED) is 0.0504. The third-order valence-corrected chi connectivity index (χ3v) is 17.5. The van der Waals surface area contributed by atoms with Crippen LogP contribution in [-0.4, -0.2) is 192 Å². The van der Waals surface area contributed by atoms with Crippen LogP contribution in [0.4, 0.5) is 0 Å². The molecule has 22 nitrogen and oxygen atoms in total. The van der Waals surface area contributed by atoms with E-state index in [0.717, 1.165) is 5.56 Å². The Hall–Kier alpha value is -3.69. The first-order valence-electron chi connectivity index (χ1n) is 27.3. The van der Waals surface area contributed by atoms with E-state index in [0.29, 0.717) is 49.0 Å². The molecule has 0 unspecified atom stereocenters. The lowest BCUT2D eigenvalue weighted by atomic mass is 9.73. The lowest BCUT2D eigenvalue weighted by Crippen LogP contribution is -2.61. The number of rotatable bonds is 19. The smallest absolute Gasteiger partial charge is 0.341 e. The molecule has 5 rings (SSSR count). The molecule has 18 atom stereocenters. The summed E-state index contributed by atoms with van der Waals surface area (Å²) < 4.78 is 73.4. The number of oxime groups is 1. The molecule has 0 spiro atoms. The molecule has 0 radical (unpaired) electrons. The second-order valence-corrected chi connectivity index (χ2v) is 24.5. The molecule has 4 heterocycles. The van der Waals surface area contributed by atoms with Crippen LogP contribution >= 0.6 is 0 Å². The minimum Gasteiger partial charge on any atom is -0.477 e. The van der Waals surface area contributed by atoms with Gasteiger partial charge in [0.25, 0.3) is 10.1 Å². The summed E-state index contributed by atoms with van der Waals surface area (Å²) in [5, 5.41) is 65.8. The Kier molecular flexibility index (Phi) is 22.5. The molecule has 444 valence electrons. The van der Waals surface area contributed by atoms with Crippen LogP contribution in [0.3, 0.4) is 0 Å². The lowest BCUT2D eigenvalue weighted by Gasteiger charge is -2.49. The van der Waals surface area contributed by atoms with Gasteiger partial charge in [-0.25, -0.2) is 4.79 Å². The number of aromatic nitrogens is 1. The first-order chi connectivity index (χ1) is 36.4. The molecule has 3 fully saturated rings. The van der Waals surface area contributed by atoms with Gasteiger partial charge < -0.3 is 73.6 Å². The van der Waals surface area contributed by atoms with Crippen LogP contribution in [-0.2, 0) is 65.3 Å². The SMILES string of the molecule is CC[C@H]1OC(=O)[C@H](C)[C@@H](O[C@H]2C[C@@](C)(OC)[C@@H](OS(=O)(=O)CCNCCCc3ccc4c(c3)c(=O)c(C(=O)O)cn4CC)[C@H](C)O2)[C@H](C)[C@@H](O[C@@H]2O[C@H](C)C[C@H](N(C)C)[C@H]2O)[C@](C)(O)C[C@@H](C)/C(=N\OC)[C@H](C)[C@@H](O)[C@]1(C)O. The summed E-state index contributed by atoms with van der Waals surface area (Å²) in [7, 11) is 2.23. The lowest BCUT2D eigenvalue weighted by molar-refractivity contribution is -0.316. The maximum Gasteiger partial charge on any atom is 0.341 e. The van der Waals surface area contributed by atoms with Crippen molar-refractivity contribution in [3.05, 3.63) is 45.7 Å². The number of aliphatic hydroxyl groups is 4. The number of benzene rings is 1. The molecule has 0 bridgehead atoms. The van der Waals surface area contributed by atoms with Crippen molar-refractivity contribution in [3.63, 3.8) is 0 Å². The summed E-state index contributed by atoms with van der Waals surface area (Å²) in [4.78, 5) is 46.5. The first-order valence-corrected chi connectivity index (χ1v) is 28.9. The van der Waals surface area contributed by atoms with E-state index in [1.807, 2.05) is 38.9 Å². The number of methoxy groups -OCH3 is 1. The molecule has 1 aromatic carbocycles. The van der Waals surface area contributed by atoms with Crippen molar-refractivity contribution in [2.24, 2.45) is 28.8 Å². The number of hydrogen-bond donors (Lipinski definition) is 6. The van der Waals surface area contributed by atoms with Crippen molar-refractivity contribution < 1.29 is 81.0 Å². The van der Waals surface area contributed by atoms with Crippen LogP contribution in [0.25, 0.3) is 10.9 Å². The van der Waals surface area contributed by atoms with E-state index < -0.39 is 129 Å². The highest BCUT2D eigenvalue weighted by molar-refractivity contribution is 7.86. The highest BCUT2D eigenvalue weighted by Crippen LogP contribution is 2.42. The van der Waals surface area contributed by atoms with Crippen molar-refractivity contribution in [2.45, 2.75) is 205 Å². The molecule has 3 aliphatic heterocycles. The number of aliphatic hydroxyl groups excluding tert-OH is 2. The highest BCUT2D eigenvalue weighted by atomic mass is 32.2. The summed E-state index contributed by atoms with van der Waals surface area (Å²) in [6.45, 7) is 19.4. The first kappa shape index (κ1) is 65.1. The summed E-state index contributed by atoms with van der Waals surface area (Å²) in [6.07, 6.45) is -8.42. The third kappa shape index (κ3) is 15.0. The number of pyridine rings is 1. The number of carbonyl (C=O) groups excluding carboxylic acids is 1. The predicted octanol–water partition coefficient (Wildman–Crippen LogP) is 3.83. The van der Waals surface area contributed by atoms with Crippen LogP contribution < -0.4 is 10.7 Å². The van der Waals surface area contributed by atoms with Gasteiger partial charge in [0.2, 0.25) is 5.43 Å². The summed E-state index contributed by atoms with van der Waals surface area (Å²) in [5.74, 6) is -6.10. The van der Waals surface area contributed by atoms with Gasteiger partial charge in [-0.2, -0.15) is 8.42 Å². The number of aryl methyl sites for hydroxylation is 2. The van der Waals surface area contributed by atoms with Crippen molar-refractivity contribution in [2.75, 3.05) is 47.2 Å². The number of fused-ring (bicyclic) bond motifs is 1.